The SMILES string of the molecule is CC#[N+]c1c[n+](CC#Cc2ccc(Cc3ccccc3)cc2)co1. The molecule has 0 aliphatic heterocycles. The van der Waals surface area contributed by atoms with Gasteiger partial charge in [0.15, 0.2) is 0 Å². The molecule has 0 bridgehead atoms. The van der Waals surface area contributed by atoms with Gasteiger partial charge in [-0.05, 0) is 35.6 Å². The Balaban J connectivity index is 1.60. The lowest BCUT2D eigenvalue weighted by atomic mass is 10.0. The van der Waals surface area contributed by atoms with E-state index in [9.17, 15) is 0 Å². The fraction of sp³-hybridized carbons (Fsp3) is 0.143. The van der Waals surface area contributed by atoms with Gasteiger partial charge >= 0.3 is 18.5 Å². The van der Waals surface area contributed by atoms with Crippen LogP contribution in [0.5, 0.6) is 0 Å². The number of aromatic nitrogens is 1. The van der Waals surface area contributed by atoms with Crippen molar-refractivity contribution in [3.63, 3.8) is 0 Å². The first kappa shape index (κ1) is 15.6. The van der Waals surface area contributed by atoms with Crippen molar-refractivity contribution >= 4 is 5.88 Å². The van der Waals surface area contributed by atoms with Gasteiger partial charge in [0.1, 0.15) is 0 Å². The van der Waals surface area contributed by atoms with E-state index in [1.165, 1.54) is 11.1 Å². The summed E-state index contributed by atoms with van der Waals surface area (Å²) in [7, 11) is 0. The number of hydrogen-bond donors (Lipinski definition) is 0. The highest BCUT2D eigenvalue weighted by atomic mass is 16.4. The van der Waals surface area contributed by atoms with E-state index in [0.29, 0.717) is 12.4 Å². The molecule has 0 saturated heterocycles. The number of rotatable bonds is 3. The van der Waals surface area contributed by atoms with Crippen LogP contribution in [0.2, 0.25) is 0 Å². The van der Waals surface area contributed by atoms with Crippen molar-refractivity contribution in [2.45, 2.75) is 19.9 Å². The van der Waals surface area contributed by atoms with Gasteiger partial charge in [0, 0.05) is 10.4 Å². The number of benzene rings is 2. The summed E-state index contributed by atoms with van der Waals surface area (Å²) in [5.74, 6) is 6.83. The van der Waals surface area contributed by atoms with Crippen LogP contribution in [0.15, 0.2) is 71.6 Å². The van der Waals surface area contributed by atoms with Crippen molar-refractivity contribution in [2.24, 2.45) is 0 Å². The first-order valence-electron chi connectivity index (χ1n) is 7.80. The van der Waals surface area contributed by atoms with Crippen LogP contribution in [0.4, 0.5) is 5.88 Å². The Morgan fingerprint density at radius 3 is 2.50 bits per heavy atom. The van der Waals surface area contributed by atoms with Gasteiger partial charge in [0.05, 0.1) is 6.92 Å². The second-order valence-electron chi connectivity index (χ2n) is 5.36. The molecule has 3 rings (SSSR count). The molecule has 0 aliphatic rings. The molecule has 116 valence electrons. The molecule has 0 unspecified atom stereocenters. The third-order valence-corrected chi connectivity index (χ3v) is 3.51. The molecule has 3 aromatic rings. The molecule has 24 heavy (non-hydrogen) atoms. The molecular formula is C21H18N2O+2. The van der Waals surface area contributed by atoms with Gasteiger partial charge in [0.25, 0.3) is 6.07 Å². The Morgan fingerprint density at radius 2 is 1.75 bits per heavy atom. The zero-order chi connectivity index (χ0) is 16.6. The molecule has 0 saturated carbocycles. The average molecular weight is 314 g/mol. The van der Waals surface area contributed by atoms with Crippen molar-refractivity contribution in [1.29, 1.82) is 0 Å². The normalized spacial score (nSPS) is 9.54. The van der Waals surface area contributed by atoms with Gasteiger partial charge in [-0.15, -0.1) is 0 Å². The lowest BCUT2D eigenvalue weighted by Gasteiger charge is -2.01. The van der Waals surface area contributed by atoms with E-state index in [1.54, 1.807) is 19.5 Å². The summed E-state index contributed by atoms with van der Waals surface area (Å²) in [5, 5.41) is 0. The van der Waals surface area contributed by atoms with E-state index in [4.69, 9.17) is 4.42 Å². The van der Waals surface area contributed by atoms with Crippen LogP contribution in [0.3, 0.4) is 0 Å². The zero-order valence-corrected chi connectivity index (χ0v) is 13.6. The predicted molar refractivity (Wildman–Crippen MR) is 94.1 cm³/mol. The van der Waals surface area contributed by atoms with Crippen LogP contribution in [0.1, 0.15) is 23.6 Å². The fourth-order valence-electron chi connectivity index (χ4n) is 2.34. The monoisotopic (exact) mass is 314 g/mol. The molecule has 0 amide bonds. The quantitative estimate of drug-likeness (QED) is 0.524. The van der Waals surface area contributed by atoms with Gasteiger partial charge in [-0.3, -0.25) is 0 Å². The Bertz CT molecular complexity index is 917. The first-order valence-corrected chi connectivity index (χ1v) is 7.80. The highest BCUT2D eigenvalue weighted by Gasteiger charge is 2.14. The minimum absolute atomic E-state index is 0.532. The maximum absolute atomic E-state index is 5.25. The average Bonchev–Trinajstić information content (AvgIpc) is 3.05. The maximum atomic E-state index is 5.25. The molecule has 3 heteroatoms. The molecule has 0 aliphatic carbocycles. The Hall–Kier alpha value is -3.30. The van der Waals surface area contributed by atoms with Crippen molar-refractivity contribution in [3.05, 3.63) is 88.7 Å². The molecule has 0 fully saturated rings. The third-order valence-electron chi connectivity index (χ3n) is 3.51. The zero-order valence-electron chi connectivity index (χ0n) is 13.6. The Kier molecular flexibility index (Phi) is 5.07. The molecule has 0 N–H and O–H groups in total. The van der Waals surface area contributed by atoms with Crippen molar-refractivity contribution in [3.8, 4) is 17.9 Å². The summed E-state index contributed by atoms with van der Waals surface area (Å²) >= 11 is 0. The molecule has 1 aromatic heterocycles. The summed E-state index contributed by atoms with van der Waals surface area (Å²) < 4.78 is 7.10. The standard InChI is InChI=1S/C21H18N2O/c1-2-22-21-16-23(17-24-21)14-6-9-18-10-12-20(13-11-18)15-19-7-4-3-5-8-19/h3-5,7-8,10-13,16-17H,14-15H2,1H3/q+2. The molecule has 2 aromatic carbocycles. The van der Waals surface area contributed by atoms with Crippen LogP contribution >= 0.6 is 0 Å². The van der Waals surface area contributed by atoms with Gasteiger partial charge < -0.3 is 4.42 Å². The van der Waals surface area contributed by atoms with Gasteiger partial charge in [0.2, 0.25) is 6.54 Å². The lowest BCUT2D eigenvalue weighted by molar-refractivity contribution is -0.687. The highest BCUT2D eigenvalue weighted by molar-refractivity contribution is 5.37. The number of hydrogen-bond acceptors (Lipinski definition) is 1. The topological polar surface area (TPSA) is 21.4 Å². The maximum Gasteiger partial charge on any atom is 0.574 e. The van der Waals surface area contributed by atoms with Crippen molar-refractivity contribution in [2.75, 3.05) is 0 Å². The first-order chi connectivity index (χ1) is 11.8. The highest BCUT2D eigenvalue weighted by Crippen LogP contribution is 2.10. The minimum Gasteiger partial charge on any atom is -0.336 e. The van der Waals surface area contributed by atoms with Gasteiger partial charge in [-0.1, -0.05) is 48.4 Å². The second-order valence-corrected chi connectivity index (χ2v) is 5.36. The van der Waals surface area contributed by atoms with Crippen molar-refractivity contribution in [1.82, 2.24) is 0 Å². The molecule has 1 heterocycles. The van der Waals surface area contributed by atoms with E-state index in [2.05, 4.69) is 71.3 Å². The molecule has 0 atom stereocenters. The predicted octanol–water partition coefficient (Wildman–Crippen LogP) is 4.19. The van der Waals surface area contributed by atoms with Crippen LogP contribution < -0.4 is 4.57 Å². The Morgan fingerprint density at radius 1 is 1.00 bits per heavy atom. The number of nitrogens with zero attached hydrogens (tertiary/aromatic N) is 2. The van der Waals surface area contributed by atoms with E-state index in [-0.39, 0.29) is 0 Å². The van der Waals surface area contributed by atoms with E-state index < -0.39 is 0 Å². The Labute approximate surface area is 142 Å². The summed E-state index contributed by atoms with van der Waals surface area (Å²) in [6, 6.07) is 21.5. The van der Waals surface area contributed by atoms with Crippen LogP contribution in [-0.2, 0) is 13.0 Å². The van der Waals surface area contributed by atoms with Crippen LogP contribution in [0.25, 0.3) is 4.85 Å². The number of oxazole rings is 1. The van der Waals surface area contributed by atoms with E-state index >= 15 is 0 Å². The summed E-state index contributed by atoms with van der Waals surface area (Å²) in [4.78, 5) is 3.95. The van der Waals surface area contributed by atoms with Gasteiger partial charge in [-0.25, -0.2) is 0 Å². The van der Waals surface area contributed by atoms with Crippen molar-refractivity contribution < 1.29 is 8.98 Å². The van der Waals surface area contributed by atoms with E-state index in [1.807, 2.05) is 10.6 Å². The summed E-state index contributed by atoms with van der Waals surface area (Å²) in [5.41, 5.74) is 3.61. The molecule has 0 radical (unpaired) electrons. The lowest BCUT2D eigenvalue weighted by Crippen LogP contribution is -2.28. The largest absolute Gasteiger partial charge is 0.574 e. The van der Waals surface area contributed by atoms with Crippen LogP contribution in [0, 0.1) is 17.9 Å². The molecule has 0 spiro atoms. The van der Waals surface area contributed by atoms with E-state index in [0.717, 1.165) is 12.0 Å². The van der Waals surface area contributed by atoms with Crippen LogP contribution in [-0.4, -0.2) is 0 Å². The summed E-state index contributed by atoms with van der Waals surface area (Å²) in [6.45, 7) is 2.29. The second kappa shape index (κ2) is 7.81. The smallest absolute Gasteiger partial charge is 0.336 e. The minimum atomic E-state index is 0.532. The third kappa shape index (κ3) is 4.35. The fourth-order valence-corrected chi connectivity index (χ4v) is 2.34. The van der Waals surface area contributed by atoms with Gasteiger partial charge in [-0.2, -0.15) is 4.57 Å². The summed E-state index contributed by atoms with van der Waals surface area (Å²) in [6.07, 6.45) is 4.35. The molecular weight excluding hydrogens is 296 g/mol. The molecule has 3 nitrogen and oxygen atoms in total.